The van der Waals surface area contributed by atoms with Gasteiger partial charge < -0.3 is 15.7 Å². The van der Waals surface area contributed by atoms with Crippen LogP contribution in [-0.2, 0) is 11.4 Å². The maximum Gasteiger partial charge on any atom is 0.242 e. The lowest BCUT2D eigenvalue weighted by Gasteiger charge is -2.24. The van der Waals surface area contributed by atoms with Crippen LogP contribution in [0.4, 0.5) is 5.69 Å². The standard InChI is InChI=1S/C14H22N2O2/c1-10(13(18)16-14(2,3)4)15-12-7-5-6-11(8-12)9-17/h5-8,10,15,17H,9H2,1-4H3,(H,16,18). The van der Waals surface area contributed by atoms with Crippen molar-refractivity contribution in [1.82, 2.24) is 5.32 Å². The Labute approximate surface area is 108 Å². The minimum Gasteiger partial charge on any atom is -0.392 e. The summed E-state index contributed by atoms with van der Waals surface area (Å²) in [6, 6.07) is 7.08. The van der Waals surface area contributed by atoms with Crippen molar-refractivity contribution < 1.29 is 9.90 Å². The molecule has 4 nitrogen and oxygen atoms in total. The number of amides is 1. The second-order valence-electron chi connectivity index (χ2n) is 5.46. The smallest absolute Gasteiger partial charge is 0.242 e. The molecule has 1 atom stereocenters. The third-order valence-corrected chi connectivity index (χ3v) is 2.38. The molecule has 0 aliphatic heterocycles. The molecule has 0 heterocycles. The van der Waals surface area contributed by atoms with Crippen LogP contribution in [0, 0.1) is 0 Å². The Hall–Kier alpha value is -1.55. The van der Waals surface area contributed by atoms with Crippen LogP contribution < -0.4 is 10.6 Å². The molecule has 0 saturated carbocycles. The van der Waals surface area contributed by atoms with Gasteiger partial charge in [0.1, 0.15) is 6.04 Å². The van der Waals surface area contributed by atoms with Gasteiger partial charge in [-0.3, -0.25) is 4.79 Å². The van der Waals surface area contributed by atoms with Crippen molar-refractivity contribution in [1.29, 1.82) is 0 Å². The molecule has 0 saturated heterocycles. The molecule has 100 valence electrons. The number of carbonyl (C=O) groups excluding carboxylic acids is 1. The second-order valence-corrected chi connectivity index (χ2v) is 5.46. The molecular weight excluding hydrogens is 228 g/mol. The summed E-state index contributed by atoms with van der Waals surface area (Å²) in [5.74, 6) is -0.0445. The fraction of sp³-hybridized carbons (Fsp3) is 0.500. The second kappa shape index (κ2) is 5.87. The van der Waals surface area contributed by atoms with Gasteiger partial charge in [0.25, 0.3) is 0 Å². The molecule has 1 aromatic carbocycles. The van der Waals surface area contributed by atoms with Gasteiger partial charge in [-0.15, -0.1) is 0 Å². The average molecular weight is 250 g/mol. The van der Waals surface area contributed by atoms with Crippen LogP contribution in [0.25, 0.3) is 0 Å². The van der Waals surface area contributed by atoms with Gasteiger partial charge in [0.15, 0.2) is 0 Å². The Kier molecular flexibility index (Phi) is 4.73. The van der Waals surface area contributed by atoms with E-state index >= 15 is 0 Å². The molecule has 0 radical (unpaired) electrons. The third kappa shape index (κ3) is 4.75. The van der Waals surface area contributed by atoms with Gasteiger partial charge in [0.2, 0.25) is 5.91 Å². The summed E-state index contributed by atoms with van der Waals surface area (Å²) in [5, 5.41) is 15.1. The predicted octanol–water partition coefficient (Wildman–Crippen LogP) is 1.89. The Bertz CT molecular complexity index is 411. The molecule has 18 heavy (non-hydrogen) atoms. The molecule has 0 fully saturated rings. The molecule has 0 aliphatic carbocycles. The fourth-order valence-electron chi connectivity index (χ4n) is 1.55. The molecule has 1 rings (SSSR count). The number of hydrogen-bond donors (Lipinski definition) is 3. The number of aliphatic hydroxyl groups excluding tert-OH is 1. The van der Waals surface area contributed by atoms with Crippen LogP contribution in [0.2, 0.25) is 0 Å². The maximum atomic E-state index is 11.9. The van der Waals surface area contributed by atoms with Crippen molar-refractivity contribution in [2.24, 2.45) is 0 Å². The number of hydrogen-bond acceptors (Lipinski definition) is 3. The first-order chi connectivity index (χ1) is 8.31. The lowest BCUT2D eigenvalue weighted by Crippen LogP contribution is -2.47. The molecule has 0 aromatic heterocycles. The number of aliphatic hydroxyl groups is 1. The monoisotopic (exact) mass is 250 g/mol. The van der Waals surface area contributed by atoms with Crippen molar-refractivity contribution in [3.05, 3.63) is 29.8 Å². The molecule has 1 amide bonds. The molecule has 1 unspecified atom stereocenters. The number of anilines is 1. The van der Waals surface area contributed by atoms with Crippen molar-refractivity contribution in [2.45, 2.75) is 45.9 Å². The van der Waals surface area contributed by atoms with E-state index < -0.39 is 0 Å². The molecule has 3 N–H and O–H groups in total. The molecule has 1 aromatic rings. The van der Waals surface area contributed by atoms with E-state index in [1.165, 1.54) is 0 Å². The minimum atomic E-state index is -0.321. The average Bonchev–Trinajstić information content (AvgIpc) is 2.27. The van der Waals surface area contributed by atoms with E-state index in [0.717, 1.165) is 11.3 Å². The zero-order chi connectivity index (χ0) is 13.8. The van der Waals surface area contributed by atoms with Gasteiger partial charge in [0.05, 0.1) is 6.61 Å². The van der Waals surface area contributed by atoms with Gasteiger partial charge in [0, 0.05) is 11.2 Å². The maximum absolute atomic E-state index is 11.9. The van der Waals surface area contributed by atoms with E-state index in [1.807, 2.05) is 52.0 Å². The predicted molar refractivity (Wildman–Crippen MR) is 73.3 cm³/mol. The first-order valence-electron chi connectivity index (χ1n) is 6.10. The van der Waals surface area contributed by atoms with E-state index in [2.05, 4.69) is 10.6 Å². The fourth-order valence-corrected chi connectivity index (χ4v) is 1.55. The van der Waals surface area contributed by atoms with Gasteiger partial charge in [-0.2, -0.15) is 0 Å². The van der Waals surface area contributed by atoms with Gasteiger partial charge >= 0.3 is 0 Å². The summed E-state index contributed by atoms with van der Waals surface area (Å²) in [5.41, 5.74) is 1.42. The number of carbonyl (C=O) groups is 1. The zero-order valence-corrected chi connectivity index (χ0v) is 11.4. The first kappa shape index (κ1) is 14.5. The Morgan fingerprint density at radius 3 is 2.61 bits per heavy atom. The summed E-state index contributed by atoms with van der Waals surface area (Å²) in [6.07, 6.45) is 0. The topological polar surface area (TPSA) is 61.4 Å². The lowest BCUT2D eigenvalue weighted by atomic mass is 10.1. The highest BCUT2D eigenvalue weighted by molar-refractivity contribution is 5.84. The minimum absolute atomic E-state index is 0.00190. The Morgan fingerprint density at radius 1 is 1.39 bits per heavy atom. The van der Waals surface area contributed by atoms with Crippen LogP contribution in [0.15, 0.2) is 24.3 Å². The molecule has 0 aliphatic rings. The van der Waals surface area contributed by atoms with Crippen LogP contribution in [0.3, 0.4) is 0 Å². The van der Waals surface area contributed by atoms with Crippen molar-refractivity contribution in [2.75, 3.05) is 5.32 Å². The van der Waals surface area contributed by atoms with E-state index in [-0.39, 0.29) is 24.1 Å². The van der Waals surface area contributed by atoms with Crippen LogP contribution >= 0.6 is 0 Å². The van der Waals surface area contributed by atoms with Gasteiger partial charge in [-0.25, -0.2) is 0 Å². The third-order valence-electron chi connectivity index (χ3n) is 2.38. The first-order valence-corrected chi connectivity index (χ1v) is 6.10. The van der Waals surface area contributed by atoms with E-state index in [4.69, 9.17) is 5.11 Å². The normalized spacial score (nSPS) is 12.9. The lowest BCUT2D eigenvalue weighted by molar-refractivity contribution is -0.122. The van der Waals surface area contributed by atoms with Crippen LogP contribution in [-0.4, -0.2) is 22.6 Å². The number of rotatable bonds is 4. The quantitative estimate of drug-likeness (QED) is 0.765. The summed E-state index contributed by atoms with van der Waals surface area (Å²) in [7, 11) is 0. The Morgan fingerprint density at radius 2 is 2.06 bits per heavy atom. The van der Waals surface area contributed by atoms with Crippen molar-refractivity contribution in [3.8, 4) is 0 Å². The summed E-state index contributed by atoms with van der Waals surface area (Å²) < 4.78 is 0. The van der Waals surface area contributed by atoms with Gasteiger partial charge in [-0.1, -0.05) is 12.1 Å². The highest BCUT2D eigenvalue weighted by atomic mass is 16.3. The molecule has 0 bridgehead atoms. The van der Waals surface area contributed by atoms with Crippen LogP contribution in [0.1, 0.15) is 33.3 Å². The van der Waals surface area contributed by atoms with E-state index in [1.54, 1.807) is 0 Å². The molecule has 0 spiro atoms. The van der Waals surface area contributed by atoms with E-state index in [9.17, 15) is 4.79 Å². The molecular formula is C14H22N2O2. The summed E-state index contributed by atoms with van der Waals surface area (Å²) in [4.78, 5) is 11.9. The summed E-state index contributed by atoms with van der Waals surface area (Å²) >= 11 is 0. The van der Waals surface area contributed by atoms with E-state index in [0.29, 0.717) is 0 Å². The summed E-state index contributed by atoms with van der Waals surface area (Å²) in [6.45, 7) is 7.66. The zero-order valence-electron chi connectivity index (χ0n) is 11.4. The SMILES string of the molecule is CC(Nc1cccc(CO)c1)C(=O)NC(C)(C)C. The van der Waals surface area contributed by atoms with Gasteiger partial charge in [-0.05, 0) is 45.4 Å². The van der Waals surface area contributed by atoms with Crippen LogP contribution in [0.5, 0.6) is 0 Å². The number of nitrogens with one attached hydrogen (secondary N) is 2. The highest BCUT2D eigenvalue weighted by Crippen LogP contribution is 2.12. The van der Waals surface area contributed by atoms with Crippen molar-refractivity contribution in [3.63, 3.8) is 0 Å². The Balaban J connectivity index is 2.63. The largest absolute Gasteiger partial charge is 0.392 e. The van der Waals surface area contributed by atoms with Crippen molar-refractivity contribution >= 4 is 11.6 Å². The number of benzene rings is 1. The molecule has 4 heteroatoms. The highest BCUT2D eigenvalue weighted by Gasteiger charge is 2.18.